The third-order valence-electron chi connectivity index (χ3n) is 9.85. The third-order valence-corrected chi connectivity index (χ3v) is 9.85. The van der Waals surface area contributed by atoms with Crippen LogP contribution in [-0.2, 0) is 23.9 Å². The number of ether oxygens (including phenoxy) is 1. The Hall–Kier alpha value is -2.16. The molecular formula is C42H80N2O7. The van der Waals surface area contributed by atoms with Crippen LogP contribution in [0.4, 0.5) is 0 Å². The van der Waals surface area contributed by atoms with Gasteiger partial charge in [-0.15, -0.1) is 0 Å². The first kappa shape index (κ1) is 48.8. The van der Waals surface area contributed by atoms with Crippen LogP contribution in [0.1, 0.15) is 219 Å². The maximum absolute atomic E-state index is 12.7. The Kier molecular flexibility index (Phi) is 36.0. The molecule has 0 fully saturated rings. The van der Waals surface area contributed by atoms with E-state index in [1.165, 1.54) is 128 Å². The van der Waals surface area contributed by atoms with E-state index in [9.17, 15) is 19.2 Å². The molecule has 0 aromatic rings. The molecule has 2 unspecified atom stereocenters. The number of carbonyl (C=O) groups is 4. The van der Waals surface area contributed by atoms with E-state index < -0.39 is 24.5 Å². The van der Waals surface area contributed by atoms with Crippen LogP contribution < -0.4 is 10.6 Å². The van der Waals surface area contributed by atoms with Gasteiger partial charge in [-0.2, -0.15) is 0 Å². The van der Waals surface area contributed by atoms with Gasteiger partial charge in [-0.05, 0) is 38.5 Å². The van der Waals surface area contributed by atoms with Gasteiger partial charge in [0.25, 0.3) is 0 Å². The minimum absolute atomic E-state index is 0.00295. The highest BCUT2D eigenvalue weighted by molar-refractivity contribution is 5.87. The van der Waals surface area contributed by atoms with Gasteiger partial charge in [0, 0.05) is 12.8 Å². The van der Waals surface area contributed by atoms with Gasteiger partial charge in [-0.25, -0.2) is 4.79 Å². The molecule has 0 radical (unpaired) electrons. The van der Waals surface area contributed by atoms with Crippen molar-refractivity contribution in [2.24, 2.45) is 0 Å². The molecule has 0 spiro atoms. The third kappa shape index (κ3) is 34.7. The number of nitrogens with one attached hydrogen (secondary N) is 2. The van der Waals surface area contributed by atoms with Crippen molar-refractivity contribution >= 4 is 23.8 Å². The van der Waals surface area contributed by atoms with E-state index in [-0.39, 0.29) is 24.5 Å². The number of rotatable bonds is 39. The monoisotopic (exact) mass is 725 g/mol. The second-order valence-corrected chi connectivity index (χ2v) is 14.8. The number of hydrogen-bond donors (Lipinski definition) is 4. The number of hydrogen-bond acceptors (Lipinski definition) is 6. The number of aliphatic carboxylic acids is 1. The summed E-state index contributed by atoms with van der Waals surface area (Å²) >= 11 is 0. The molecule has 300 valence electrons. The van der Waals surface area contributed by atoms with Crippen LogP contribution in [0.5, 0.6) is 0 Å². The van der Waals surface area contributed by atoms with Crippen LogP contribution >= 0.6 is 0 Å². The van der Waals surface area contributed by atoms with Crippen molar-refractivity contribution in [3.8, 4) is 0 Å². The van der Waals surface area contributed by atoms with Crippen LogP contribution in [-0.4, -0.2) is 59.3 Å². The lowest BCUT2D eigenvalue weighted by Gasteiger charge is -2.18. The minimum Gasteiger partial charge on any atom is -0.480 e. The van der Waals surface area contributed by atoms with Crippen molar-refractivity contribution in [2.45, 2.75) is 231 Å². The zero-order chi connectivity index (χ0) is 37.6. The number of esters is 1. The Morgan fingerprint density at radius 1 is 0.510 bits per heavy atom. The van der Waals surface area contributed by atoms with Crippen molar-refractivity contribution < 1.29 is 34.1 Å². The van der Waals surface area contributed by atoms with E-state index >= 15 is 0 Å². The van der Waals surface area contributed by atoms with Crippen LogP contribution in [0.15, 0.2) is 0 Å². The molecule has 0 rings (SSSR count). The van der Waals surface area contributed by atoms with E-state index in [0.717, 1.165) is 57.8 Å². The predicted octanol–water partition coefficient (Wildman–Crippen LogP) is 10.1. The minimum atomic E-state index is -1.38. The van der Waals surface area contributed by atoms with Gasteiger partial charge >= 0.3 is 11.9 Å². The van der Waals surface area contributed by atoms with E-state index in [2.05, 4.69) is 24.5 Å². The molecule has 0 saturated carbocycles. The second kappa shape index (κ2) is 37.6. The number of carboxylic acid groups (broad SMARTS) is 1. The van der Waals surface area contributed by atoms with Gasteiger partial charge in [-0.3, -0.25) is 14.4 Å². The molecule has 0 saturated heterocycles. The zero-order valence-corrected chi connectivity index (χ0v) is 33.1. The number of aliphatic hydroxyl groups excluding tert-OH is 1. The fourth-order valence-electron chi connectivity index (χ4n) is 6.54. The summed E-state index contributed by atoms with van der Waals surface area (Å²) in [4.78, 5) is 47.5. The maximum Gasteiger partial charge on any atom is 0.328 e. The van der Waals surface area contributed by atoms with Gasteiger partial charge in [0.2, 0.25) is 11.8 Å². The molecule has 0 aromatic carbocycles. The summed E-state index contributed by atoms with van der Waals surface area (Å²) in [5.41, 5.74) is 0. The van der Waals surface area contributed by atoms with Crippen molar-refractivity contribution in [1.29, 1.82) is 0 Å². The summed E-state index contributed by atoms with van der Waals surface area (Å²) < 4.78 is 6.02. The van der Waals surface area contributed by atoms with Gasteiger partial charge < -0.3 is 25.6 Å². The summed E-state index contributed by atoms with van der Waals surface area (Å²) in [7, 11) is 0. The zero-order valence-electron chi connectivity index (χ0n) is 33.1. The maximum atomic E-state index is 12.7. The summed E-state index contributed by atoms with van der Waals surface area (Å²) in [6.45, 7) is 3.49. The number of amides is 2. The lowest BCUT2D eigenvalue weighted by molar-refractivity contribution is -0.150. The summed E-state index contributed by atoms with van der Waals surface area (Å²) in [6, 6.07) is -1.38. The molecule has 0 aliphatic carbocycles. The van der Waals surface area contributed by atoms with E-state index in [0.29, 0.717) is 19.3 Å². The fraction of sp³-hybridized carbons (Fsp3) is 0.905. The molecule has 0 heterocycles. The van der Waals surface area contributed by atoms with Crippen molar-refractivity contribution in [1.82, 2.24) is 10.6 Å². The van der Waals surface area contributed by atoms with Crippen LogP contribution in [0.25, 0.3) is 0 Å². The first-order valence-corrected chi connectivity index (χ1v) is 21.4. The van der Waals surface area contributed by atoms with Gasteiger partial charge in [0.1, 0.15) is 12.1 Å². The molecule has 2 atom stereocenters. The normalized spacial score (nSPS) is 12.4. The SMILES string of the molecule is CCCCCCCCCCCCCCCC(CCCCCCCC(=O)NCC(=O)NC(CO)C(=O)O)OC(=O)CCCCCCCCCCCC. The average molecular weight is 725 g/mol. The Labute approximate surface area is 312 Å². The van der Waals surface area contributed by atoms with Crippen molar-refractivity contribution in [3.63, 3.8) is 0 Å². The summed E-state index contributed by atoms with van der Waals surface area (Å²) in [6.07, 6.45) is 37.0. The first-order valence-electron chi connectivity index (χ1n) is 21.4. The molecular weight excluding hydrogens is 644 g/mol. The molecule has 2 amide bonds. The highest BCUT2D eigenvalue weighted by Gasteiger charge is 2.19. The number of unbranched alkanes of at least 4 members (excludes halogenated alkanes) is 25. The quantitative estimate of drug-likeness (QED) is 0.0365. The van der Waals surface area contributed by atoms with E-state index in [1.807, 2.05) is 0 Å². The number of carboxylic acids is 1. The van der Waals surface area contributed by atoms with Gasteiger partial charge in [-0.1, -0.05) is 168 Å². The fourth-order valence-corrected chi connectivity index (χ4v) is 6.54. The molecule has 4 N–H and O–H groups in total. The van der Waals surface area contributed by atoms with E-state index in [4.69, 9.17) is 14.9 Å². The van der Waals surface area contributed by atoms with Gasteiger partial charge in [0.15, 0.2) is 0 Å². The number of carbonyl (C=O) groups excluding carboxylic acids is 3. The van der Waals surface area contributed by atoms with Crippen LogP contribution in [0, 0.1) is 0 Å². The Balaban J connectivity index is 4.27. The lowest BCUT2D eigenvalue weighted by atomic mass is 10.0. The molecule has 0 aliphatic heterocycles. The molecule has 0 bridgehead atoms. The standard InChI is InChI=1S/C42H80N2O7/c1-3-5-7-9-11-13-15-16-17-18-20-23-27-31-37(51-41(48)34-30-26-21-19-14-12-10-8-6-4-2)32-28-24-22-25-29-33-39(46)43-35-40(47)44-38(36-45)42(49)50/h37-38,45H,3-36H2,1-2H3,(H,43,46)(H,44,47)(H,49,50). The van der Waals surface area contributed by atoms with Crippen LogP contribution in [0.3, 0.4) is 0 Å². The summed E-state index contributed by atoms with van der Waals surface area (Å²) in [5.74, 6) is -2.27. The molecule has 0 aliphatic rings. The van der Waals surface area contributed by atoms with Crippen molar-refractivity contribution in [2.75, 3.05) is 13.2 Å². The predicted molar refractivity (Wildman–Crippen MR) is 209 cm³/mol. The van der Waals surface area contributed by atoms with Crippen molar-refractivity contribution in [3.05, 3.63) is 0 Å². The van der Waals surface area contributed by atoms with Crippen LogP contribution in [0.2, 0.25) is 0 Å². The topological polar surface area (TPSA) is 142 Å². The smallest absolute Gasteiger partial charge is 0.328 e. The Morgan fingerprint density at radius 2 is 0.882 bits per heavy atom. The first-order chi connectivity index (χ1) is 24.8. The summed E-state index contributed by atoms with van der Waals surface area (Å²) in [5, 5.41) is 22.5. The second-order valence-electron chi connectivity index (χ2n) is 14.8. The largest absolute Gasteiger partial charge is 0.480 e. The molecule has 9 nitrogen and oxygen atoms in total. The van der Waals surface area contributed by atoms with Gasteiger partial charge in [0.05, 0.1) is 13.2 Å². The molecule has 0 aromatic heterocycles. The molecule has 9 heteroatoms. The lowest BCUT2D eigenvalue weighted by Crippen LogP contribution is -2.47. The number of aliphatic hydroxyl groups is 1. The highest BCUT2D eigenvalue weighted by atomic mass is 16.5. The highest BCUT2D eigenvalue weighted by Crippen LogP contribution is 2.19. The Morgan fingerprint density at radius 3 is 1.27 bits per heavy atom. The Bertz CT molecular complexity index is 838. The van der Waals surface area contributed by atoms with E-state index in [1.54, 1.807) is 0 Å². The molecule has 51 heavy (non-hydrogen) atoms. The average Bonchev–Trinajstić information content (AvgIpc) is 3.11.